The predicted octanol–water partition coefficient (Wildman–Crippen LogP) is 1.02. The Kier molecular flexibility index (Phi) is 4.77. The Bertz CT molecular complexity index is 853. The lowest BCUT2D eigenvalue weighted by Gasteiger charge is -2.31. The molecule has 1 saturated carbocycles. The molecule has 0 saturated heterocycles. The molecule has 5 N–H and O–H groups in total. The van der Waals surface area contributed by atoms with Crippen molar-refractivity contribution in [2.45, 2.75) is 44.8 Å². The van der Waals surface area contributed by atoms with E-state index in [9.17, 15) is 19.8 Å². The molecule has 1 heterocycles. The summed E-state index contributed by atoms with van der Waals surface area (Å²) in [5.41, 5.74) is 5.71. The van der Waals surface area contributed by atoms with Crippen LogP contribution >= 0.6 is 0 Å². The fraction of sp³-hybridized carbons (Fsp3) is 0.474. The SMILES string of the molecule is Cc1oc2ccc(CC3CC(O)C3)cc2c1C(=O)N[C@@](C)(CO)C(N)=O. The number of carbonyl (C=O) groups excluding carboxylic acids is 2. The van der Waals surface area contributed by atoms with E-state index in [0.717, 1.165) is 24.8 Å². The van der Waals surface area contributed by atoms with Gasteiger partial charge in [-0.05, 0) is 56.7 Å². The molecular formula is C19H24N2O5. The van der Waals surface area contributed by atoms with Crippen LogP contribution in [-0.2, 0) is 11.2 Å². The van der Waals surface area contributed by atoms with Crippen molar-refractivity contribution in [3.05, 3.63) is 35.1 Å². The number of furan rings is 1. The van der Waals surface area contributed by atoms with Gasteiger partial charge in [-0.25, -0.2) is 0 Å². The number of carbonyl (C=O) groups is 2. The van der Waals surface area contributed by atoms with E-state index < -0.39 is 24.0 Å². The minimum absolute atomic E-state index is 0.203. The summed E-state index contributed by atoms with van der Waals surface area (Å²) in [6.07, 6.45) is 2.21. The normalized spacial score (nSPS) is 21.8. The monoisotopic (exact) mass is 360 g/mol. The molecule has 3 rings (SSSR count). The smallest absolute Gasteiger partial charge is 0.256 e. The average Bonchev–Trinajstić information content (AvgIpc) is 2.88. The summed E-state index contributed by atoms with van der Waals surface area (Å²) in [6.45, 7) is 2.45. The van der Waals surface area contributed by atoms with Crippen LogP contribution in [0.4, 0.5) is 0 Å². The van der Waals surface area contributed by atoms with Gasteiger partial charge < -0.3 is 25.7 Å². The lowest BCUT2D eigenvalue weighted by Crippen LogP contribution is -2.57. The number of fused-ring (bicyclic) bond motifs is 1. The van der Waals surface area contributed by atoms with E-state index >= 15 is 0 Å². The highest BCUT2D eigenvalue weighted by Gasteiger charge is 2.34. The van der Waals surface area contributed by atoms with E-state index in [1.54, 1.807) is 6.92 Å². The van der Waals surface area contributed by atoms with Crippen molar-refractivity contribution >= 4 is 22.8 Å². The summed E-state index contributed by atoms with van der Waals surface area (Å²) in [6, 6.07) is 5.69. The Labute approximate surface area is 151 Å². The molecule has 1 aromatic carbocycles. The minimum atomic E-state index is -1.55. The average molecular weight is 360 g/mol. The van der Waals surface area contributed by atoms with E-state index in [1.165, 1.54) is 6.92 Å². The number of aliphatic hydroxyl groups excluding tert-OH is 2. The van der Waals surface area contributed by atoms with Crippen molar-refractivity contribution in [2.75, 3.05) is 6.61 Å². The first kappa shape index (κ1) is 18.4. The van der Waals surface area contributed by atoms with E-state index in [0.29, 0.717) is 28.2 Å². The highest BCUT2D eigenvalue weighted by atomic mass is 16.3. The fourth-order valence-electron chi connectivity index (χ4n) is 3.37. The number of benzene rings is 1. The van der Waals surface area contributed by atoms with Crippen LogP contribution in [0.2, 0.25) is 0 Å². The van der Waals surface area contributed by atoms with Crippen molar-refractivity contribution in [3.8, 4) is 0 Å². The standard InChI is InChI=1S/C19H24N2O5/c1-10-16(17(24)21-19(2,9-22)18(20)25)14-8-11(3-4-15(14)26-10)5-12-6-13(23)7-12/h3-4,8,12-13,22-23H,5-7,9H2,1-2H3,(H2,20,25)(H,21,24)/t12?,13?,19-/m0/s1. The number of nitrogens with one attached hydrogen (secondary N) is 1. The maximum absolute atomic E-state index is 12.7. The van der Waals surface area contributed by atoms with Crippen molar-refractivity contribution in [2.24, 2.45) is 11.7 Å². The van der Waals surface area contributed by atoms with Crippen LogP contribution < -0.4 is 11.1 Å². The van der Waals surface area contributed by atoms with Crippen LogP contribution in [0.1, 0.15) is 41.4 Å². The fourth-order valence-corrected chi connectivity index (χ4v) is 3.37. The van der Waals surface area contributed by atoms with E-state index in [-0.39, 0.29) is 6.10 Å². The van der Waals surface area contributed by atoms with Crippen LogP contribution in [0, 0.1) is 12.8 Å². The van der Waals surface area contributed by atoms with Gasteiger partial charge in [0.15, 0.2) is 0 Å². The molecule has 0 bridgehead atoms. The van der Waals surface area contributed by atoms with Gasteiger partial charge in [0.25, 0.3) is 5.91 Å². The zero-order valence-electron chi connectivity index (χ0n) is 14.9. The van der Waals surface area contributed by atoms with Gasteiger partial charge >= 0.3 is 0 Å². The zero-order chi connectivity index (χ0) is 19.1. The highest BCUT2D eigenvalue weighted by Crippen LogP contribution is 2.33. The Morgan fingerprint density at radius 3 is 2.65 bits per heavy atom. The molecule has 7 heteroatoms. The van der Waals surface area contributed by atoms with Gasteiger partial charge in [0.05, 0.1) is 18.3 Å². The molecular weight excluding hydrogens is 336 g/mol. The van der Waals surface area contributed by atoms with Gasteiger partial charge in [-0.3, -0.25) is 9.59 Å². The molecule has 1 atom stereocenters. The molecule has 2 aromatic rings. The maximum Gasteiger partial charge on any atom is 0.256 e. The summed E-state index contributed by atoms with van der Waals surface area (Å²) < 4.78 is 5.67. The Morgan fingerprint density at radius 2 is 2.08 bits per heavy atom. The first-order valence-electron chi connectivity index (χ1n) is 8.67. The Morgan fingerprint density at radius 1 is 1.38 bits per heavy atom. The third-order valence-electron chi connectivity index (χ3n) is 5.14. The molecule has 1 aliphatic carbocycles. The molecule has 1 aliphatic rings. The summed E-state index contributed by atoms with van der Waals surface area (Å²) in [5, 5.41) is 22.0. The van der Waals surface area contributed by atoms with Gasteiger partial charge in [-0.15, -0.1) is 0 Å². The number of primary amides is 1. The number of nitrogens with two attached hydrogens (primary N) is 1. The summed E-state index contributed by atoms with van der Waals surface area (Å²) >= 11 is 0. The number of aliphatic hydroxyl groups is 2. The van der Waals surface area contributed by atoms with Crippen molar-refractivity contribution in [1.29, 1.82) is 0 Å². The summed E-state index contributed by atoms with van der Waals surface area (Å²) in [4.78, 5) is 24.3. The number of hydrogen-bond acceptors (Lipinski definition) is 5. The molecule has 0 radical (unpaired) electrons. The maximum atomic E-state index is 12.7. The second kappa shape index (κ2) is 6.74. The molecule has 0 unspecified atom stereocenters. The largest absolute Gasteiger partial charge is 0.461 e. The van der Waals surface area contributed by atoms with Crippen LogP contribution in [0.25, 0.3) is 11.0 Å². The molecule has 26 heavy (non-hydrogen) atoms. The molecule has 0 spiro atoms. The molecule has 2 amide bonds. The van der Waals surface area contributed by atoms with Crippen LogP contribution in [0.3, 0.4) is 0 Å². The lowest BCUT2D eigenvalue weighted by atomic mass is 9.78. The minimum Gasteiger partial charge on any atom is -0.461 e. The van der Waals surface area contributed by atoms with Gasteiger partial charge in [-0.1, -0.05) is 6.07 Å². The quantitative estimate of drug-likeness (QED) is 0.612. The third kappa shape index (κ3) is 3.32. The number of aryl methyl sites for hydroxylation is 1. The topological polar surface area (TPSA) is 126 Å². The van der Waals surface area contributed by atoms with Crippen LogP contribution in [0.15, 0.2) is 22.6 Å². The second-order valence-electron chi connectivity index (χ2n) is 7.37. The molecule has 0 aliphatic heterocycles. The summed E-state index contributed by atoms with van der Waals surface area (Å²) in [5.74, 6) is -0.463. The first-order chi connectivity index (χ1) is 12.2. The Balaban J connectivity index is 1.90. The van der Waals surface area contributed by atoms with E-state index in [4.69, 9.17) is 10.2 Å². The molecule has 1 aromatic heterocycles. The van der Waals surface area contributed by atoms with Crippen LogP contribution in [-0.4, -0.2) is 40.3 Å². The second-order valence-corrected chi connectivity index (χ2v) is 7.37. The Hall–Kier alpha value is -2.38. The highest BCUT2D eigenvalue weighted by molar-refractivity contribution is 6.09. The van der Waals surface area contributed by atoms with Crippen molar-refractivity contribution in [3.63, 3.8) is 0 Å². The van der Waals surface area contributed by atoms with Gasteiger partial charge in [0.2, 0.25) is 5.91 Å². The zero-order valence-corrected chi connectivity index (χ0v) is 14.9. The number of rotatable bonds is 6. The first-order valence-corrected chi connectivity index (χ1v) is 8.67. The number of amides is 2. The third-order valence-corrected chi connectivity index (χ3v) is 5.14. The summed E-state index contributed by atoms with van der Waals surface area (Å²) in [7, 11) is 0. The van der Waals surface area contributed by atoms with Gasteiger partial charge in [0.1, 0.15) is 16.9 Å². The van der Waals surface area contributed by atoms with Crippen molar-refractivity contribution < 1.29 is 24.2 Å². The predicted molar refractivity (Wildman–Crippen MR) is 95.5 cm³/mol. The van der Waals surface area contributed by atoms with Crippen LogP contribution in [0.5, 0.6) is 0 Å². The number of hydrogen-bond donors (Lipinski definition) is 4. The van der Waals surface area contributed by atoms with E-state index in [2.05, 4.69) is 5.32 Å². The van der Waals surface area contributed by atoms with Crippen molar-refractivity contribution in [1.82, 2.24) is 5.32 Å². The van der Waals surface area contributed by atoms with Gasteiger partial charge in [-0.2, -0.15) is 0 Å². The van der Waals surface area contributed by atoms with E-state index in [1.807, 2.05) is 18.2 Å². The lowest BCUT2D eigenvalue weighted by molar-refractivity contribution is -0.124. The molecule has 1 fully saturated rings. The molecule has 7 nitrogen and oxygen atoms in total. The molecule has 140 valence electrons. The van der Waals surface area contributed by atoms with Gasteiger partial charge in [0, 0.05) is 5.39 Å².